The van der Waals surface area contributed by atoms with Crippen LogP contribution in [-0.4, -0.2) is 94.1 Å². The van der Waals surface area contributed by atoms with Gasteiger partial charge in [-0.25, -0.2) is 9.37 Å². The van der Waals surface area contributed by atoms with E-state index < -0.39 is 5.82 Å². The van der Waals surface area contributed by atoms with Gasteiger partial charge >= 0.3 is 0 Å². The number of carbonyl (C=O) groups excluding carboxylic acids is 1. The summed E-state index contributed by atoms with van der Waals surface area (Å²) in [7, 11) is 3.95. The summed E-state index contributed by atoms with van der Waals surface area (Å²) in [6.45, 7) is 7.41. The van der Waals surface area contributed by atoms with Gasteiger partial charge in [-0.2, -0.15) is 10.2 Å². The maximum absolute atomic E-state index is 14.4. The van der Waals surface area contributed by atoms with Crippen molar-refractivity contribution in [3.63, 3.8) is 0 Å². The molecule has 4 aromatic rings. The molecule has 11 heteroatoms. The topological polar surface area (TPSA) is 93.3 Å². The van der Waals surface area contributed by atoms with Gasteiger partial charge in [0.15, 0.2) is 0 Å². The van der Waals surface area contributed by atoms with Crippen molar-refractivity contribution in [2.45, 2.75) is 6.92 Å². The van der Waals surface area contributed by atoms with Crippen molar-refractivity contribution in [1.29, 1.82) is 0 Å². The number of piperazine rings is 1. The molecular weight excluding hydrogens is 507 g/mol. The Morgan fingerprint density at radius 3 is 2.71 bits per heavy atom. The Morgan fingerprint density at radius 2 is 1.92 bits per heavy atom. The van der Waals surface area contributed by atoms with Crippen LogP contribution in [0.1, 0.15) is 16.2 Å². The number of anilines is 2. The van der Waals surface area contributed by atoms with Crippen LogP contribution in [0.25, 0.3) is 22.3 Å². The number of aromatic amines is 1. The first-order valence-electron chi connectivity index (χ1n) is 12.5. The Balaban J connectivity index is 1.35. The lowest BCUT2D eigenvalue weighted by molar-refractivity contribution is 0.0755. The van der Waals surface area contributed by atoms with E-state index in [1.165, 1.54) is 18.2 Å². The highest BCUT2D eigenvalue weighted by Gasteiger charge is 2.19. The summed E-state index contributed by atoms with van der Waals surface area (Å²) in [5.41, 5.74) is 3.70. The number of carbonyl (C=O) groups is 1. The molecule has 0 saturated carbocycles. The molecule has 1 fully saturated rings. The van der Waals surface area contributed by atoms with Crippen molar-refractivity contribution in [1.82, 2.24) is 34.9 Å². The van der Waals surface area contributed by atoms with Gasteiger partial charge in [-0.15, -0.1) is 0 Å². The van der Waals surface area contributed by atoms with E-state index in [1.54, 1.807) is 23.2 Å². The van der Waals surface area contributed by atoms with Crippen LogP contribution in [0, 0.1) is 12.7 Å². The molecule has 3 aromatic heterocycles. The minimum Gasteiger partial charge on any atom is -0.353 e. The minimum atomic E-state index is -0.435. The van der Waals surface area contributed by atoms with E-state index in [9.17, 15) is 9.18 Å². The third kappa shape index (κ3) is 5.62. The van der Waals surface area contributed by atoms with Crippen LogP contribution in [0.5, 0.6) is 0 Å². The van der Waals surface area contributed by atoms with E-state index in [0.29, 0.717) is 40.0 Å². The third-order valence-corrected chi connectivity index (χ3v) is 7.14. The van der Waals surface area contributed by atoms with Crippen molar-refractivity contribution in [3.8, 4) is 11.3 Å². The van der Waals surface area contributed by atoms with Crippen LogP contribution < -0.4 is 5.32 Å². The number of nitrogens with one attached hydrogen (secondary N) is 2. The smallest absolute Gasteiger partial charge is 0.270 e. The summed E-state index contributed by atoms with van der Waals surface area (Å²) >= 11 is 6.07. The minimum absolute atomic E-state index is 0.0939. The number of benzene rings is 1. The number of nitrogens with zero attached hydrogens (tertiary/aromatic N) is 6. The molecule has 4 heterocycles. The molecular formula is C27H30ClFN8O. The molecule has 0 spiro atoms. The van der Waals surface area contributed by atoms with Gasteiger partial charge in [0.05, 0.1) is 22.8 Å². The number of hydrogen-bond acceptors (Lipinski definition) is 7. The average Bonchev–Trinajstić information content (AvgIpc) is 3.36. The number of hydrogen-bond donors (Lipinski definition) is 2. The van der Waals surface area contributed by atoms with E-state index in [-0.39, 0.29) is 11.5 Å². The number of H-pyrrole nitrogens is 1. The van der Waals surface area contributed by atoms with Crippen LogP contribution in [-0.2, 0) is 0 Å². The van der Waals surface area contributed by atoms with Gasteiger partial charge in [-0.05, 0) is 50.4 Å². The highest BCUT2D eigenvalue weighted by atomic mass is 35.5. The average molecular weight is 537 g/mol. The SMILES string of the molecule is Cc1nnc(-c2cc(Cl)ccc2F)cc1Nc1ccnc2[nH]c(C(=O)N(C)CCN3CCN(C)CC3)cc12. The van der Waals surface area contributed by atoms with Crippen molar-refractivity contribution in [3.05, 3.63) is 64.8 Å². The van der Waals surface area contributed by atoms with E-state index in [2.05, 4.69) is 42.3 Å². The van der Waals surface area contributed by atoms with E-state index >= 15 is 0 Å². The number of aryl methyl sites for hydroxylation is 1. The second-order valence-corrected chi connectivity index (χ2v) is 10.1. The second kappa shape index (κ2) is 11.0. The van der Waals surface area contributed by atoms with Gasteiger partial charge < -0.3 is 20.1 Å². The molecule has 1 aromatic carbocycles. The fourth-order valence-corrected chi connectivity index (χ4v) is 4.64. The lowest BCUT2D eigenvalue weighted by Crippen LogP contribution is -2.47. The van der Waals surface area contributed by atoms with E-state index in [0.717, 1.165) is 43.8 Å². The van der Waals surface area contributed by atoms with Crippen molar-refractivity contribution >= 4 is 39.9 Å². The first kappa shape index (κ1) is 26.0. The van der Waals surface area contributed by atoms with Gasteiger partial charge in [-0.1, -0.05) is 11.6 Å². The van der Waals surface area contributed by atoms with Crippen molar-refractivity contribution < 1.29 is 9.18 Å². The van der Waals surface area contributed by atoms with E-state index in [4.69, 9.17) is 11.6 Å². The summed E-state index contributed by atoms with van der Waals surface area (Å²) in [5, 5.41) is 12.9. The van der Waals surface area contributed by atoms with Crippen molar-refractivity contribution in [2.24, 2.45) is 0 Å². The van der Waals surface area contributed by atoms with Gasteiger partial charge in [0.25, 0.3) is 5.91 Å². The molecule has 0 aliphatic carbocycles. The maximum Gasteiger partial charge on any atom is 0.270 e. The molecule has 1 amide bonds. The zero-order valence-electron chi connectivity index (χ0n) is 21.6. The molecule has 1 saturated heterocycles. The number of likely N-dealkylation sites (N-methyl/N-ethyl adjacent to an activating group) is 2. The molecule has 0 bridgehead atoms. The van der Waals surface area contributed by atoms with Crippen LogP contribution in [0.15, 0.2) is 42.6 Å². The summed E-state index contributed by atoms with van der Waals surface area (Å²) in [5.74, 6) is -0.529. The summed E-state index contributed by atoms with van der Waals surface area (Å²) in [6, 6.07) is 9.67. The predicted octanol–water partition coefficient (Wildman–Crippen LogP) is 4.18. The normalized spacial score (nSPS) is 14.7. The molecule has 1 aliphatic rings. The lowest BCUT2D eigenvalue weighted by atomic mass is 10.1. The molecule has 0 unspecified atom stereocenters. The van der Waals surface area contributed by atoms with Crippen LogP contribution in [0.4, 0.5) is 15.8 Å². The number of aromatic nitrogens is 4. The van der Waals surface area contributed by atoms with Crippen LogP contribution in [0.3, 0.4) is 0 Å². The number of fused-ring (bicyclic) bond motifs is 1. The molecule has 0 radical (unpaired) electrons. The Kier molecular flexibility index (Phi) is 7.55. The monoisotopic (exact) mass is 536 g/mol. The standard InChI is InChI=1S/C27H30ClFN8O/c1-17-23(16-24(34-33-17)19-14-18(28)4-5-21(19)29)31-22-6-7-30-26-20(22)15-25(32-26)27(38)36(3)10-13-37-11-8-35(2)9-12-37/h4-7,14-16H,8-13H2,1-3H3,(H2,30,31,32,34). The lowest BCUT2D eigenvalue weighted by Gasteiger charge is -2.33. The zero-order chi connectivity index (χ0) is 26.8. The third-order valence-electron chi connectivity index (χ3n) is 6.91. The zero-order valence-corrected chi connectivity index (χ0v) is 22.4. The quantitative estimate of drug-likeness (QED) is 0.366. The Labute approximate surface area is 225 Å². The van der Waals surface area contributed by atoms with Crippen LogP contribution in [0.2, 0.25) is 5.02 Å². The Bertz CT molecular complexity index is 1470. The van der Waals surface area contributed by atoms with Crippen LogP contribution >= 0.6 is 11.6 Å². The highest BCUT2D eigenvalue weighted by Crippen LogP contribution is 2.31. The van der Waals surface area contributed by atoms with Gasteiger partial charge in [0.1, 0.15) is 17.2 Å². The summed E-state index contributed by atoms with van der Waals surface area (Å²) < 4.78 is 14.4. The first-order valence-corrected chi connectivity index (χ1v) is 12.9. The molecule has 0 atom stereocenters. The van der Waals surface area contributed by atoms with Gasteiger partial charge in [-0.3, -0.25) is 9.69 Å². The largest absolute Gasteiger partial charge is 0.353 e. The number of pyridine rings is 1. The molecule has 2 N–H and O–H groups in total. The van der Waals surface area contributed by atoms with Crippen molar-refractivity contribution in [2.75, 3.05) is 58.7 Å². The van der Waals surface area contributed by atoms with Gasteiger partial charge in [0.2, 0.25) is 0 Å². The Hall–Kier alpha value is -3.60. The second-order valence-electron chi connectivity index (χ2n) is 9.65. The molecule has 1 aliphatic heterocycles. The summed E-state index contributed by atoms with van der Waals surface area (Å²) in [6.07, 6.45) is 1.66. The number of amides is 1. The summed E-state index contributed by atoms with van der Waals surface area (Å²) in [4.78, 5) is 27.2. The van der Waals surface area contributed by atoms with E-state index in [1.807, 2.05) is 20.0 Å². The highest BCUT2D eigenvalue weighted by molar-refractivity contribution is 6.30. The molecule has 38 heavy (non-hydrogen) atoms. The first-order chi connectivity index (χ1) is 18.3. The predicted molar refractivity (Wildman–Crippen MR) is 147 cm³/mol. The Morgan fingerprint density at radius 1 is 1.13 bits per heavy atom. The number of rotatable bonds is 7. The maximum atomic E-state index is 14.4. The molecule has 198 valence electrons. The molecule has 5 rings (SSSR count). The molecule has 9 nitrogen and oxygen atoms in total. The number of halogens is 2. The fraction of sp³-hybridized carbons (Fsp3) is 0.333. The van der Waals surface area contributed by atoms with Gasteiger partial charge in [0, 0.05) is 68.5 Å². The fourth-order valence-electron chi connectivity index (χ4n) is 4.47.